The highest BCUT2D eigenvalue weighted by Gasteiger charge is 2.38. The molecule has 92 valence electrons. The smallest absolute Gasteiger partial charge is 0.233 e. The van der Waals surface area contributed by atoms with Gasteiger partial charge in [-0.25, -0.2) is 13.1 Å². The molecule has 0 aromatic carbocycles. The Morgan fingerprint density at radius 1 is 1.31 bits per heavy atom. The Bertz CT molecular complexity index is 489. The zero-order chi connectivity index (χ0) is 12.7. The van der Waals surface area contributed by atoms with Crippen molar-refractivity contribution in [2.45, 2.75) is 31.2 Å². The SMILES string of the molecule is CC(C)n1nc(C(F)(F)F)nc1S(C)(=O)=O. The Labute approximate surface area is 90.2 Å². The maximum absolute atomic E-state index is 12.3. The fraction of sp³-hybridized carbons (Fsp3) is 0.714. The lowest BCUT2D eigenvalue weighted by atomic mass is 10.4. The van der Waals surface area contributed by atoms with Crippen molar-refractivity contribution in [3.63, 3.8) is 0 Å². The van der Waals surface area contributed by atoms with Crippen LogP contribution < -0.4 is 0 Å². The van der Waals surface area contributed by atoms with Gasteiger partial charge in [-0.05, 0) is 13.8 Å². The van der Waals surface area contributed by atoms with Gasteiger partial charge in [0, 0.05) is 12.3 Å². The van der Waals surface area contributed by atoms with Crippen LogP contribution in [0.15, 0.2) is 5.16 Å². The molecule has 0 fully saturated rings. The minimum Gasteiger partial charge on any atom is -0.233 e. The standard InChI is InChI=1S/C7H10F3N3O2S/c1-4(2)13-6(16(3,14)15)11-5(12-13)7(8,9)10/h4H,1-3H3. The molecule has 1 rings (SSSR count). The van der Waals surface area contributed by atoms with Gasteiger partial charge in [0.2, 0.25) is 15.0 Å². The molecule has 1 heterocycles. The molecular formula is C7H10F3N3O2S. The summed E-state index contributed by atoms with van der Waals surface area (Å²) in [6.07, 6.45) is -3.96. The molecule has 16 heavy (non-hydrogen) atoms. The first-order valence-corrected chi connectivity index (χ1v) is 6.16. The molecule has 0 radical (unpaired) electrons. The molecule has 0 aliphatic rings. The molecule has 0 aliphatic carbocycles. The molecule has 0 aliphatic heterocycles. The predicted molar refractivity (Wildman–Crippen MR) is 48.5 cm³/mol. The zero-order valence-corrected chi connectivity index (χ0v) is 9.59. The van der Waals surface area contributed by atoms with Crippen molar-refractivity contribution in [3.8, 4) is 0 Å². The molecule has 0 unspecified atom stereocenters. The number of hydrogen-bond acceptors (Lipinski definition) is 4. The van der Waals surface area contributed by atoms with Crippen molar-refractivity contribution in [2.24, 2.45) is 0 Å². The van der Waals surface area contributed by atoms with Gasteiger partial charge in [0.05, 0.1) is 0 Å². The number of halogens is 3. The normalized spacial score (nSPS) is 13.4. The van der Waals surface area contributed by atoms with E-state index in [4.69, 9.17) is 0 Å². The van der Waals surface area contributed by atoms with Crippen molar-refractivity contribution in [1.82, 2.24) is 14.8 Å². The van der Waals surface area contributed by atoms with Gasteiger partial charge >= 0.3 is 6.18 Å². The van der Waals surface area contributed by atoms with E-state index in [0.717, 1.165) is 10.9 Å². The minimum atomic E-state index is -4.75. The highest BCUT2D eigenvalue weighted by atomic mass is 32.2. The van der Waals surface area contributed by atoms with Crippen molar-refractivity contribution < 1.29 is 21.6 Å². The lowest BCUT2D eigenvalue weighted by Crippen LogP contribution is -2.12. The van der Waals surface area contributed by atoms with Crippen LogP contribution in [-0.4, -0.2) is 29.4 Å². The van der Waals surface area contributed by atoms with E-state index in [1.165, 1.54) is 13.8 Å². The first kappa shape index (κ1) is 12.9. The molecule has 1 aromatic rings. The van der Waals surface area contributed by atoms with Crippen molar-refractivity contribution in [1.29, 1.82) is 0 Å². The van der Waals surface area contributed by atoms with Crippen LogP contribution in [-0.2, 0) is 16.0 Å². The molecule has 0 saturated carbocycles. The quantitative estimate of drug-likeness (QED) is 0.800. The van der Waals surface area contributed by atoms with E-state index in [9.17, 15) is 21.6 Å². The van der Waals surface area contributed by atoms with E-state index >= 15 is 0 Å². The van der Waals surface area contributed by atoms with Crippen molar-refractivity contribution in [2.75, 3.05) is 6.26 Å². The summed E-state index contributed by atoms with van der Waals surface area (Å²) in [5.41, 5.74) is 0. The van der Waals surface area contributed by atoms with Crippen LogP contribution in [0.4, 0.5) is 13.2 Å². The van der Waals surface area contributed by atoms with Gasteiger partial charge in [0.25, 0.3) is 5.82 Å². The van der Waals surface area contributed by atoms with Gasteiger partial charge in [-0.1, -0.05) is 0 Å². The average molecular weight is 257 g/mol. The van der Waals surface area contributed by atoms with E-state index in [0.29, 0.717) is 0 Å². The number of nitrogens with zero attached hydrogens (tertiary/aromatic N) is 3. The second-order valence-corrected chi connectivity index (χ2v) is 5.44. The van der Waals surface area contributed by atoms with Gasteiger partial charge < -0.3 is 0 Å². The number of hydrogen-bond donors (Lipinski definition) is 0. The molecule has 5 nitrogen and oxygen atoms in total. The second kappa shape index (κ2) is 3.72. The number of sulfone groups is 1. The van der Waals surface area contributed by atoms with Crippen LogP contribution in [0.2, 0.25) is 0 Å². The zero-order valence-electron chi connectivity index (χ0n) is 8.78. The first-order valence-electron chi connectivity index (χ1n) is 4.27. The van der Waals surface area contributed by atoms with Gasteiger partial charge in [-0.3, -0.25) is 0 Å². The van der Waals surface area contributed by atoms with Crippen LogP contribution in [0.25, 0.3) is 0 Å². The Morgan fingerprint density at radius 3 is 2.06 bits per heavy atom. The van der Waals surface area contributed by atoms with Crippen molar-refractivity contribution >= 4 is 9.84 Å². The van der Waals surface area contributed by atoms with Crippen LogP contribution in [0.1, 0.15) is 25.7 Å². The van der Waals surface area contributed by atoms with Crippen LogP contribution in [0.5, 0.6) is 0 Å². The van der Waals surface area contributed by atoms with Gasteiger partial charge in [0.15, 0.2) is 0 Å². The summed E-state index contributed by atoms with van der Waals surface area (Å²) >= 11 is 0. The molecule has 0 atom stereocenters. The predicted octanol–water partition coefficient (Wildman–Crippen LogP) is 1.28. The molecule has 9 heteroatoms. The molecule has 0 saturated heterocycles. The fourth-order valence-electron chi connectivity index (χ4n) is 1.02. The number of alkyl halides is 3. The van der Waals surface area contributed by atoms with E-state index in [1.807, 2.05) is 0 Å². The second-order valence-electron chi connectivity index (χ2n) is 3.53. The highest BCUT2D eigenvalue weighted by molar-refractivity contribution is 7.90. The topological polar surface area (TPSA) is 64.8 Å². The fourth-order valence-corrected chi connectivity index (χ4v) is 1.86. The van der Waals surface area contributed by atoms with Gasteiger partial charge in [-0.15, -0.1) is 5.10 Å². The van der Waals surface area contributed by atoms with E-state index in [-0.39, 0.29) is 0 Å². The Balaban J connectivity index is 3.44. The first-order chi connectivity index (χ1) is 7.03. The van der Waals surface area contributed by atoms with Crippen molar-refractivity contribution in [3.05, 3.63) is 5.82 Å². The van der Waals surface area contributed by atoms with Gasteiger partial charge in [0.1, 0.15) is 0 Å². The third kappa shape index (κ3) is 2.52. The van der Waals surface area contributed by atoms with E-state index in [2.05, 4.69) is 10.1 Å². The van der Waals surface area contributed by atoms with Crippen LogP contribution in [0.3, 0.4) is 0 Å². The molecule has 1 aromatic heterocycles. The summed E-state index contributed by atoms with van der Waals surface area (Å²) in [5, 5.41) is 2.48. The van der Waals surface area contributed by atoms with E-state index < -0.39 is 33.0 Å². The summed E-state index contributed by atoms with van der Waals surface area (Å²) < 4.78 is 60.1. The molecule has 0 spiro atoms. The van der Waals surface area contributed by atoms with Crippen LogP contribution in [0, 0.1) is 0 Å². The van der Waals surface area contributed by atoms with E-state index in [1.54, 1.807) is 0 Å². The summed E-state index contributed by atoms with van der Waals surface area (Å²) in [6, 6.07) is -0.520. The summed E-state index contributed by atoms with van der Waals surface area (Å²) in [7, 11) is -3.83. The molecule has 0 amide bonds. The highest BCUT2D eigenvalue weighted by Crippen LogP contribution is 2.28. The summed E-state index contributed by atoms with van der Waals surface area (Å²) in [6.45, 7) is 3.03. The molecular weight excluding hydrogens is 247 g/mol. The third-order valence-electron chi connectivity index (χ3n) is 1.67. The summed E-state index contributed by atoms with van der Waals surface area (Å²) in [4.78, 5) is 3.01. The minimum absolute atomic E-state index is 0.520. The molecule has 0 bridgehead atoms. The molecule has 0 N–H and O–H groups in total. The number of rotatable bonds is 2. The Hall–Kier alpha value is -1.12. The number of aromatic nitrogens is 3. The Kier molecular flexibility index (Phi) is 3.01. The average Bonchev–Trinajstić information content (AvgIpc) is 2.44. The largest absolute Gasteiger partial charge is 0.453 e. The summed E-state index contributed by atoms with van der Waals surface area (Å²) in [5.74, 6) is -1.44. The lowest BCUT2D eigenvalue weighted by molar-refractivity contribution is -0.145. The third-order valence-corrected chi connectivity index (χ3v) is 2.62. The monoisotopic (exact) mass is 257 g/mol. The van der Waals surface area contributed by atoms with Gasteiger partial charge in [-0.2, -0.15) is 18.2 Å². The maximum Gasteiger partial charge on any atom is 0.453 e. The van der Waals surface area contributed by atoms with Crippen LogP contribution >= 0.6 is 0 Å². The maximum atomic E-state index is 12.3. The lowest BCUT2D eigenvalue weighted by Gasteiger charge is -2.06. The Morgan fingerprint density at radius 2 is 1.81 bits per heavy atom.